The van der Waals surface area contributed by atoms with Gasteiger partial charge in [0, 0.05) is 11.4 Å². The van der Waals surface area contributed by atoms with Crippen LogP contribution in [0.5, 0.6) is 0 Å². The maximum Gasteiger partial charge on any atom is 0.0442 e. The molecule has 1 radical (unpaired) electrons. The predicted octanol–water partition coefficient (Wildman–Crippen LogP) is 13.1. The Hall–Kier alpha value is -0.720. The van der Waals surface area contributed by atoms with E-state index in [1.165, 1.54) is 191 Å². The summed E-state index contributed by atoms with van der Waals surface area (Å²) in [6.45, 7) is 9.28. The highest BCUT2D eigenvalue weighted by Gasteiger charge is 2.24. The van der Waals surface area contributed by atoms with Gasteiger partial charge in [0.15, 0.2) is 0 Å². The van der Waals surface area contributed by atoms with Crippen LogP contribution in [0.15, 0.2) is 22.5 Å². The second kappa shape index (κ2) is 25.6. The molecule has 1 aliphatic rings. The topological polar surface area (TPSA) is 14.1 Å². The molecular weight excluding hydrogens is 446 g/mol. The molecule has 217 valence electrons. The Morgan fingerprint density at radius 1 is 0.297 bits per heavy atom. The molecule has 0 aliphatic carbocycles. The first-order chi connectivity index (χ1) is 18.3. The van der Waals surface area contributed by atoms with Gasteiger partial charge >= 0.3 is 0 Å². The van der Waals surface area contributed by atoms with Crippen molar-refractivity contribution < 1.29 is 0 Å². The van der Waals surface area contributed by atoms with Crippen LogP contribution in [0.2, 0.25) is 0 Å². The monoisotopic (exact) mass is 515 g/mol. The van der Waals surface area contributed by atoms with Gasteiger partial charge in [0.1, 0.15) is 0 Å². The van der Waals surface area contributed by atoms with Crippen molar-refractivity contribution in [1.29, 1.82) is 0 Å². The lowest BCUT2D eigenvalue weighted by Crippen LogP contribution is -2.02. The fraction of sp³-hybridized carbons (Fsp3) is 0.889. The SMILES string of the molecule is CCCCCCCCC1=C(CCCCCCCC)C(CCCCCCCC)=C(CCCCCCCC)[N]1. The molecule has 37 heavy (non-hydrogen) atoms. The van der Waals surface area contributed by atoms with E-state index < -0.39 is 0 Å². The molecule has 0 atom stereocenters. The molecule has 0 bridgehead atoms. The highest BCUT2D eigenvalue weighted by atomic mass is 14.9. The third-order valence-electron chi connectivity index (χ3n) is 8.43. The van der Waals surface area contributed by atoms with E-state index in [4.69, 9.17) is 5.32 Å². The van der Waals surface area contributed by atoms with Crippen molar-refractivity contribution in [2.75, 3.05) is 0 Å². The van der Waals surface area contributed by atoms with Crippen molar-refractivity contribution in [3.8, 4) is 0 Å². The van der Waals surface area contributed by atoms with Crippen LogP contribution >= 0.6 is 0 Å². The molecule has 0 spiro atoms. The van der Waals surface area contributed by atoms with Crippen LogP contribution < -0.4 is 5.32 Å². The third kappa shape index (κ3) is 17.5. The standard InChI is InChI=1S/C36H68N/c1-5-9-13-17-21-25-29-33-34(30-26-22-18-14-10-6-2)36(32-28-24-20-16-12-8-4)37-35(33)31-27-23-19-15-11-7-3/h5-32H2,1-4H3. The normalized spacial score (nSPS) is 13.7. The summed E-state index contributed by atoms with van der Waals surface area (Å²) in [5.41, 5.74) is 6.48. The molecule has 0 unspecified atom stereocenters. The van der Waals surface area contributed by atoms with E-state index in [1.54, 1.807) is 11.1 Å². The largest absolute Gasteiger partial charge is 0.257 e. The van der Waals surface area contributed by atoms with Gasteiger partial charge in [0.25, 0.3) is 0 Å². The summed E-state index contributed by atoms with van der Waals surface area (Å²) in [6, 6.07) is 0. The number of hydrogen-bond acceptors (Lipinski definition) is 0. The van der Waals surface area contributed by atoms with E-state index in [9.17, 15) is 0 Å². The molecule has 0 aromatic carbocycles. The van der Waals surface area contributed by atoms with Crippen LogP contribution in [0.1, 0.15) is 207 Å². The summed E-state index contributed by atoms with van der Waals surface area (Å²) in [6.07, 6.45) is 38.5. The summed E-state index contributed by atoms with van der Waals surface area (Å²) < 4.78 is 0. The molecule has 0 fully saturated rings. The molecule has 1 aliphatic heterocycles. The molecule has 1 heterocycles. The van der Waals surface area contributed by atoms with Gasteiger partial charge in [-0.2, -0.15) is 0 Å². The summed E-state index contributed by atoms with van der Waals surface area (Å²) in [5, 5.41) is 5.43. The average molecular weight is 515 g/mol. The first-order valence-electron chi connectivity index (χ1n) is 17.4. The molecule has 1 rings (SSSR count). The summed E-state index contributed by atoms with van der Waals surface area (Å²) >= 11 is 0. The van der Waals surface area contributed by atoms with E-state index in [-0.39, 0.29) is 0 Å². The van der Waals surface area contributed by atoms with Gasteiger partial charge in [-0.15, -0.1) is 0 Å². The van der Waals surface area contributed by atoms with Gasteiger partial charge in [-0.3, -0.25) is 5.32 Å². The van der Waals surface area contributed by atoms with E-state index in [1.807, 2.05) is 0 Å². The van der Waals surface area contributed by atoms with Crippen LogP contribution in [0, 0.1) is 0 Å². The lowest BCUT2D eigenvalue weighted by atomic mass is 9.92. The molecule has 0 N–H and O–H groups in total. The Morgan fingerprint density at radius 2 is 0.541 bits per heavy atom. The van der Waals surface area contributed by atoms with E-state index in [2.05, 4.69) is 27.7 Å². The van der Waals surface area contributed by atoms with Crippen molar-refractivity contribution in [1.82, 2.24) is 5.32 Å². The molecule has 1 nitrogen and oxygen atoms in total. The van der Waals surface area contributed by atoms with Gasteiger partial charge in [0.05, 0.1) is 0 Å². The van der Waals surface area contributed by atoms with Gasteiger partial charge < -0.3 is 0 Å². The first-order valence-corrected chi connectivity index (χ1v) is 17.4. The van der Waals surface area contributed by atoms with Gasteiger partial charge in [-0.1, -0.05) is 156 Å². The molecule has 0 amide bonds. The lowest BCUT2D eigenvalue weighted by molar-refractivity contribution is 0.587. The van der Waals surface area contributed by atoms with Crippen molar-refractivity contribution in [3.05, 3.63) is 22.5 Å². The summed E-state index contributed by atoms with van der Waals surface area (Å²) in [4.78, 5) is 0. The third-order valence-corrected chi connectivity index (χ3v) is 8.43. The van der Waals surface area contributed by atoms with Crippen LogP contribution in [-0.4, -0.2) is 0 Å². The Bertz CT molecular complexity index is 519. The summed E-state index contributed by atoms with van der Waals surface area (Å²) in [5.74, 6) is 0. The van der Waals surface area contributed by atoms with Crippen LogP contribution in [0.3, 0.4) is 0 Å². The zero-order valence-electron chi connectivity index (χ0n) is 26.2. The maximum atomic E-state index is 5.43. The van der Waals surface area contributed by atoms with Gasteiger partial charge in [-0.25, -0.2) is 0 Å². The van der Waals surface area contributed by atoms with Crippen molar-refractivity contribution in [3.63, 3.8) is 0 Å². The van der Waals surface area contributed by atoms with E-state index in [0.29, 0.717) is 0 Å². The maximum absolute atomic E-state index is 5.43. The Labute approximate surface area is 235 Å². The number of rotatable bonds is 28. The molecule has 0 aromatic heterocycles. The Kier molecular flexibility index (Phi) is 23.7. The Balaban J connectivity index is 2.77. The van der Waals surface area contributed by atoms with Crippen molar-refractivity contribution in [2.45, 2.75) is 207 Å². The lowest BCUT2D eigenvalue weighted by Gasteiger charge is -2.12. The minimum Gasteiger partial charge on any atom is -0.257 e. The fourth-order valence-electron chi connectivity index (χ4n) is 5.96. The molecule has 0 aromatic rings. The number of nitrogens with zero attached hydrogens (tertiary/aromatic N) is 1. The first kappa shape index (κ1) is 34.3. The molecular formula is C36H68N. The van der Waals surface area contributed by atoms with E-state index in [0.717, 1.165) is 0 Å². The number of hydrogen-bond donors (Lipinski definition) is 0. The van der Waals surface area contributed by atoms with Gasteiger partial charge in [-0.05, 0) is 62.5 Å². The molecule has 1 heteroatoms. The van der Waals surface area contributed by atoms with Crippen LogP contribution in [0.25, 0.3) is 0 Å². The highest BCUT2D eigenvalue weighted by molar-refractivity contribution is 5.45. The minimum atomic E-state index is 1.23. The molecule has 0 saturated carbocycles. The second-order valence-corrected chi connectivity index (χ2v) is 12.0. The van der Waals surface area contributed by atoms with Crippen LogP contribution in [0.4, 0.5) is 0 Å². The minimum absolute atomic E-state index is 1.23. The highest BCUT2D eigenvalue weighted by Crippen LogP contribution is 2.38. The zero-order chi connectivity index (χ0) is 26.8. The Morgan fingerprint density at radius 3 is 0.838 bits per heavy atom. The number of allylic oxidation sites excluding steroid dienone is 4. The smallest absolute Gasteiger partial charge is 0.0442 e. The quantitative estimate of drug-likeness (QED) is 0.0921. The molecule has 0 saturated heterocycles. The van der Waals surface area contributed by atoms with Gasteiger partial charge in [0.2, 0.25) is 0 Å². The summed E-state index contributed by atoms with van der Waals surface area (Å²) in [7, 11) is 0. The average Bonchev–Trinajstić information content (AvgIpc) is 3.23. The predicted molar refractivity (Wildman–Crippen MR) is 168 cm³/mol. The van der Waals surface area contributed by atoms with Crippen molar-refractivity contribution in [2.24, 2.45) is 0 Å². The zero-order valence-corrected chi connectivity index (χ0v) is 26.2. The fourth-order valence-corrected chi connectivity index (χ4v) is 5.96. The van der Waals surface area contributed by atoms with Crippen LogP contribution in [-0.2, 0) is 0 Å². The number of unbranched alkanes of at least 4 members (excludes halogenated alkanes) is 20. The van der Waals surface area contributed by atoms with Crippen molar-refractivity contribution >= 4 is 0 Å². The second-order valence-electron chi connectivity index (χ2n) is 12.0. The van der Waals surface area contributed by atoms with E-state index >= 15 is 0 Å².